The molecule has 0 spiro atoms. The van der Waals surface area contributed by atoms with E-state index in [4.69, 9.17) is 0 Å². The molecular formula is C28H34N4O2. The predicted molar refractivity (Wildman–Crippen MR) is 135 cm³/mol. The molecule has 0 radical (unpaired) electrons. The van der Waals surface area contributed by atoms with E-state index in [1.165, 1.54) is 5.57 Å². The van der Waals surface area contributed by atoms with Gasteiger partial charge in [-0.25, -0.2) is 0 Å². The molecule has 3 aliphatic rings. The third-order valence-electron chi connectivity index (χ3n) is 7.46. The number of hydrogen-bond acceptors (Lipinski definition) is 4. The second-order valence-corrected chi connectivity index (χ2v) is 9.91. The molecule has 3 aliphatic heterocycles. The van der Waals surface area contributed by atoms with Crippen LogP contribution in [0, 0.1) is 11.8 Å². The second kappa shape index (κ2) is 9.35. The van der Waals surface area contributed by atoms with Crippen LogP contribution in [0.4, 0.5) is 0 Å². The Morgan fingerprint density at radius 1 is 1.18 bits per heavy atom. The van der Waals surface area contributed by atoms with E-state index in [1.54, 1.807) is 0 Å². The second-order valence-electron chi connectivity index (χ2n) is 9.91. The summed E-state index contributed by atoms with van der Waals surface area (Å²) in [6.07, 6.45) is 13.4. The van der Waals surface area contributed by atoms with Gasteiger partial charge in [0.15, 0.2) is 0 Å². The monoisotopic (exact) mass is 458 g/mol. The van der Waals surface area contributed by atoms with Crippen molar-refractivity contribution in [3.63, 3.8) is 0 Å². The molecular weight excluding hydrogens is 424 g/mol. The summed E-state index contributed by atoms with van der Waals surface area (Å²) in [7, 11) is 1.93. The lowest BCUT2D eigenvalue weighted by Crippen LogP contribution is -2.37. The van der Waals surface area contributed by atoms with Crippen LogP contribution in [0.2, 0.25) is 0 Å². The van der Waals surface area contributed by atoms with Crippen molar-refractivity contribution in [3.8, 4) is 0 Å². The number of allylic oxidation sites excluding steroid dienone is 5. The van der Waals surface area contributed by atoms with Gasteiger partial charge >= 0.3 is 0 Å². The van der Waals surface area contributed by atoms with Crippen molar-refractivity contribution >= 4 is 22.4 Å². The highest BCUT2D eigenvalue weighted by Crippen LogP contribution is 2.36. The number of carbonyl (C=O) groups is 1. The molecule has 34 heavy (non-hydrogen) atoms. The molecule has 0 bridgehead atoms. The molecule has 6 heteroatoms. The van der Waals surface area contributed by atoms with Gasteiger partial charge in [-0.2, -0.15) is 5.10 Å². The fourth-order valence-corrected chi connectivity index (χ4v) is 5.52. The van der Waals surface area contributed by atoms with Crippen LogP contribution in [0.25, 0.3) is 16.5 Å². The molecule has 6 nitrogen and oxygen atoms in total. The summed E-state index contributed by atoms with van der Waals surface area (Å²) < 4.78 is 1.83. The van der Waals surface area contributed by atoms with Gasteiger partial charge in [0, 0.05) is 43.1 Å². The summed E-state index contributed by atoms with van der Waals surface area (Å²) in [5, 5.41) is 14.8. The Kier molecular flexibility index (Phi) is 6.28. The van der Waals surface area contributed by atoms with Crippen molar-refractivity contribution in [3.05, 3.63) is 71.2 Å². The molecule has 4 heterocycles. The summed E-state index contributed by atoms with van der Waals surface area (Å²) in [5.41, 5.74) is 6.54. The summed E-state index contributed by atoms with van der Waals surface area (Å²) in [6.45, 7) is 7.25. The maximum Gasteiger partial charge on any atom is 0.255 e. The fraction of sp³-hybridized carbons (Fsp3) is 0.429. The summed E-state index contributed by atoms with van der Waals surface area (Å²) in [6, 6.07) is 6.27. The Hall–Kier alpha value is -2.96. The van der Waals surface area contributed by atoms with Crippen LogP contribution in [0.5, 0.6) is 0 Å². The zero-order valence-electron chi connectivity index (χ0n) is 20.4. The number of aryl methyl sites for hydroxylation is 1. The fourth-order valence-electron chi connectivity index (χ4n) is 5.52. The standard InChI is InChI=1S/C28H34N4O2/c1-19-4-7-27-20(2)14-23(21-8-10-31(11-9-21)12-13-33)18-32(27)28(34)16-25(19)22-5-6-26-24(15-22)17-30(3)29-26/h5-7,14-19,21,33H,4,8-13H2,1-3H3. The number of aromatic nitrogens is 2. The molecule has 0 saturated carbocycles. The van der Waals surface area contributed by atoms with Crippen LogP contribution in [-0.2, 0) is 11.8 Å². The first kappa shape index (κ1) is 22.8. The average molecular weight is 459 g/mol. The lowest BCUT2D eigenvalue weighted by Gasteiger charge is -2.35. The third-order valence-corrected chi connectivity index (χ3v) is 7.46. The number of carbonyl (C=O) groups excluding carboxylic acids is 1. The Labute approximate surface area is 201 Å². The van der Waals surface area contributed by atoms with E-state index in [9.17, 15) is 9.90 Å². The topological polar surface area (TPSA) is 61.6 Å². The van der Waals surface area contributed by atoms with Crippen LogP contribution in [0.15, 0.2) is 65.7 Å². The van der Waals surface area contributed by atoms with Crippen molar-refractivity contribution in [2.75, 3.05) is 26.2 Å². The molecule has 1 N–H and O–H groups in total. The van der Waals surface area contributed by atoms with Gasteiger partial charge in [0.25, 0.3) is 5.91 Å². The number of piperidine rings is 1. The van der Waals surface area contributed by atoms with Gasteiger partial charge in [-0.3, -0.25) is 14.4 Å². The van der Waals surface area contributed by atoms with E-state index < -0.39 is 0 Å². The summed E-state index contributed by atoms with van der Waals surface area (Å²) in [4.78, 5) is 17.8. The maximum absolute atomic E-state index is 13.6. The summed E-state index contributed by atoms with van der Waals surface area (Å²) >= 11 is 0. The number of benzene rings is 1. The average Bonchev–Trinajstić information content (AvgIpc) is 3.20. The molecule has 2 aromatic rings. The minimum absolute atomic E-state index is 0.0155. The number of fused-ring (bicyclic) bond motifs is 2. The smallest absolute Gasteiger partial charge is 0.255 e. The van der Waals surface area contributed by atoms with Gasteiger partial charge < -0.3 is 10.0 Å². The van der Waals surface area contributed by atoms with Gasteiger partial charge in [0.2, 0.25) is 0 Å². The van der Waals surface area contributed by atoms with E-state index in [2.05, 4.69) is 54.3 Å². The lowest BCUT2D eigenvalue weighted by atomic mass is 9.85. The minimum atomic E-state index is 0.0155. The first-order chi connectivity index (χ1) is 16.4. The van der Waals surface area contributed by atoms with Crippen molar-refractivity contribution in [1.82, 2.24) is 19.6 Å². The molecule has 1 saturated heterocycles. The normalized spacial score (nSPS) is 22.5. The van der Waals surface area contributed by atoms with Gasteiger partial charge in [-0.15, -0.1) is 0 Å². The zero-order chi connectivity index (χ0) is 23.8. The third kappa shape index (κ3) is 4.40. The Morgan fingerprint density at radius 3 is 2.74 bits per heavy atom. The van der Waals surface area contributed by atoms with E-state index in [0.717, 1.165) is 72.2 Å². The maximum atomic E-state index is 13.6. The molecule has 5 rings (SSSR count). The molecule has 178 valence electrons. The van der Waals surface area contributed by atoms with Crippen LogP contribution < -0.4 is 0 Å². The zero-order valence-corrected chi connectivity index (χ0v) is 20.4. The first-order valence-electron chi connectivity index (χ1n) is 12.3. The summed E-state index contributed by atoms with van der Waals surface area (Å²) in [5.74, 6) is 0.698. The Balaban J connectivity index is 1.44. The van der Waals surface area contributed by atoms with E-state index in [1.807, 2.05) is 35.0 Å². The molecule has 1 aromatic carbocycles. The van der Waals surface area contributed by atoms with Crippen LogP contribution >= 0.6 is 0 Å². The Morgan fingerprint density at radius 2 is 1.97 bits per heavy atom. The van der Waals surface area contributed by atoms with Crippen molar-refractivity contribution < 1.29 is 9.90 Å². The molecule has 1 unspecified atom stereocenters. The highest BCUT2D eigenvalue weighted by molar-refractivity contribution is 5.99. The number of rotatable bonds is 4. The van der Waals surface area contributed by atoms with E-state index in [-0.39, 0.29) is 18.4 Å². The van der Waals surface area contributed by atoms with Gasteiger partial charge in [0.05, 0.1) is 12.1 Å². The molecule has 1 atom stereocenters. The quantitative estimate of drug-likeness (QED) is 0.744. The number of likely N-dealkylation sites (tertiary alicyclic amines) is 1. The number of amides is 1. The molecule has 1 fully saturated rings. The number of aliphatic hydroxyl groups is 1. The number of β-amino-alcohol motifs (C(OH)–C–C–N with tert-alkyl or cyclic N) is 1. The highest BCUT2D eigenvalue weighted by atomic mass is 16.3. The largest absolute Gasteiger partial charge is 0.395 e. The first-order valence-corrected chi connectivity index (χ1v) is 12.3. The Bertz CT molecular complexity index is 1220. The van der Waals surface area contributed by atoms with Crippen LogP contribution in [0.3, 0.4) is 0 Å². The van der Waals surface area contributed by atoms with Gasteiger partial charge in [-0.1, -0.05) is 25.1 Å². The SMILES string of the molecule is CC1=CC(C2CCN(CCO)CC2)=CN2C(=O)C=C(c3ccc4nn(C)cc4c3)C(C)CC=C12. The van der Waals surface area contributed by atoms with Crippen molar-refractivity contribution in [2.24, 2.45) is 18.9 Å². The van der Waals surface area contributed by atoms with Crippen LogP contribution in [-0.4, -0.2) is 56.8 Å². The molecule has 0 aliphatic carbocycles. The van der Waals surface area contributed by atoms with Crippen molar-refractivity contribution in [1.29, 1.82) is 0 Å². The molecule has 1 amide bonds. The lowest BCUT2D eigenvalue weighted by molar-refractivity contribution is -0.122. The van der Waals surface area contributed by atoms with Gasteiger partial charge in [0.1, 0.15) is 0 Å². The van der Waals surface area contributed by atoms with E-state index >= 15 is 0 Å². The molecule has 1 aromatic heterocycles. The minimum Gasteiger partial charge on any atom is -0.395 e. The van der Waals surface area contributed by atoms with E-state index in [0.29, 0.717) is 5.92 Å². The number of nitrogens with zero attached hydrogens (tertiary/aromatic N) is 4. The highest BCUT2D eigenvalue weighted by Gasteiger charge is 2.28. The van der Waals surface area contributed by atoms with Crippen molar-refractivity contribution in [2.45, 2.75) is 33.1 Å². The van der Waals surface area contributed by atoms with Crippen LogP contribution in [0.1, 0.15) is 38.7 Å². The predicted octanol–water partition coefficient (Wildman–Crippen LogP) is 4.26. The van der Waals surface area contributed by atoms with Gasteiger partial charge in [-0.05, 0) is 85.5 Å². The number of hydrogen-bond donors (Lipinski definition) is 1. The number of aliphatic hydroxyl groups excluding tert-OH is 1.